The predicted octanol–water partition coefficient (Wildman–Crippen LogP) is 3.87. The van der Waals surface area contributed by atoms with Gasteiger partial charge in [0.2, 0.25) is 0 Å². The van der Waals surface area contributed by atoms with Crippen molar-refractivity contribution in [2.75, 3.05) is 13.6 Å². The van der Waals surface area contributed by atoms with E-state index in [1.54, 1.807) is 0 Å². The standard InChI is InChI=1S/C14H22BrN/c1-4-11(2)13(10-16-3)9-12-7-5-6-8-14(12)15/h5-8,11,13,16H,4,9-10H2,1-3H3. The fraction of sp³-hybridized carbons (Fsp3) is 0.571. The number of hydrogen-bond donors (Lipinski definition) is 1. The topological polar surface area (TPSA) is 12.0 Å². The van der Waals surface area contributed by atoms with E-state index in [1.165, 1.54) is 16.5 Å². The molecule has 2 heteroatoms. The Balaban J connectivity index is 2.71. The summed E-state index contributed by atoms with van der Waals surface area (Å²) in [6.07, 6.45) is 2.40. The average Bonchev–Trinajstić information content (AvgIpc) is 2.30. The van der Waals surface area contributed by atoms with Gasteiger partial charge in [0.25, 0.3) is 0 Å². The number of hydrogen-bond acceptors (Lipinski definition) is 1. The molecule has 1 nitrogen and oxygen atoms in total. The summed E-state index contributed by atoms with van der Waals surface area (Å²) >= 11 is 3.63. The van der Waals surface area contributed by atoms with Crippen molar-refractivity contribution in [3.8, 4) is 0 Å². The van der Waals surface area contributed by atoms with Crippen molar-refractivity contribution in [3.63, 3.8) is 0 Å². The predicted molar refractivity (Wildman–Crippen MR) is 74.7 cm³/mol. The molecule has 0 spiro atoms. The monoisotopic (exact) mass is 283 g/mol. The lowest BCUT2D eigenvalue weighted by Crippen LogP contribution is -2.26. The van der Waals surface area contributed by atoms with Gasteiger partial charge in [-0.2, -0.15) is 0 Å². The lowest BCUT2D eigenvalue weighted by atomic mass is 9.86. The summed E-state index contributed by atoms with van der Waals surface area (Å²) in [6, 6.07) is 8.54. The molecule has 0 aromatic heterocycles. The van der Waals surface area contributed by atoms with Gasteiger partial charge in [0.1, 0.15) is 0 Å². The number of rotatable bonds is 6. The summed E-state index contributed by atoms with van der Waals surface area (Å²) in [5, 5.41) is 3.31. The third-order valence-electron chi connectivity index (χ3n) is 3.35. The van der Waals surface area contributed by atoms with Crippen molar-refractivity contribution in [1.29, 1.82) is 0 Å². The van der Waals surface area contributed by atoms with Crippen LogP contribution < -0.4 is 5.32 Å². The summed E-state index contributed by atoms with van der Waals surface area (Å²) in [5.74, 6) is 1.48. The Morgan fingerprint density at radius 1 is 1.31 bits per heavy atom. The number of halogens is 1. The van der Waals surface area contributed by atoms with Gasteiger partial charge in [0.05, 0.1) is 0 Å². The Kier molecular flexibility index (Phi) is 6.07. The molecule has 1 N–H and O–H groups in total. The molecule has 0 aliphatic heterocycles. The molecule has 0 aliphatic carbocycles. The zero-order valence-electron chi connectivity index (χ0n) is 10.5. The van der Waals surface area contributed by atoms with Crippen molar-refractivity contribution < 1.29 is 0 Å². The highest BCUT2D eigenvalue weighted by Gasteiger charge is 2.16. The smallest absolute Gasteiger partial charge is 0.0207 e. The maximum Gasteiger partial charge on any atom is 0.0207 e. The fourth-order valence-corrected chi connectivity index (χ4v) is 2.46. The van der Waals surface area contributed by atoms with Crippen molar-refractivity contribution in [2.24, 2.45) is 11.8 Å². The van der Waals surface area contributed by atoms with Crippen LogP contribution in [0.2, 0.25) is 0 Å². The number of nitrogens with one attached hydrogen (secondary N) is 1. The molecule has 0 bridgehead atoms. The Morgan fingerprint density at radius 3 is 2.56 bits per heavy atom. The van der Waals surface area contributed by atoms with Gasteiger partial charge in [-0.3, -0.25) is 0 Å². The van der Waals surface area contributed by atoms with Crippen LogP contribution in [0.15, 0.2) is 28.7 Å². The fourth-order valence-electron chi connectivity index (χ4n) is 2.02. The average molecular weight is 284 g/mol. The molecule has 0 amide bonds. The summed E-state index contributed by atoms with van der Waals surface area (Å²) in [4.78, 5) is 0. The first-order valence-electron chi connectivity index (χ1n) is 6.07. The molecule has 0 radical (unpaired) electrons. The normalized spacial score (nSPS) is 14.8. The van der Waals surface area contributed by atoms with Crippen molar-refractivity contribution in [1.82, 2.24) is 5.32 Å². The molecule has 1 aromatic carbocycles. The maximum atomic E-state index is 3.63. The second-order valence-electron chi connectivity index (χ2n) is 4.50. The lowest BCUT2D eigenvalue weighted by Gasteiger charge is -2.23. The third kappa shape index (κ3) is 3.91. The minimum Gasteiger partial charge on any atom is -0.319 e. The van der Waals surface area contributed by atoms with Gasteiger partial charge in [-0.1, -0.05) is 54.4 Å². The highest BCUT2D eigenvalue weighted by molar-refractivity contribution is 9.10. The zero-order chi connectivity index (χ0) is 12.0. The zero-order valence-corrected chi connectivity index (χ0v) is 12.0. The molecule has 0 fully saturated rings. The quantitative estimate of drug-likeness (QED) is 0.836. The van der Waals surface area contributed by atoms with Gasteiger partial charge in [-0.15, -0.1) is 0 Å². The van der Waals surface area contributed by atoms with Gasteiger partial charge in [0, 0.05) is 4.47 Å². The van der Waals surface area contributed by atoms with E-state index >= 15 is 0 Å². The molecule has 0 saturated heterocycles. The third-order valence-corrected chi connectivity index (χ3v) is 4.13. The van der Waals surface area contributed by atoms with Crippen molar-refractivity contribution >= 4 is 15.9 Å². The van der Waals surface area contributed by atoms with Crippen LogP contribution in [0.5, 0.6) is 0 Å². The Morgan fingerprint density at radius 2 is 2.00 bits per heavy atom. The molecule has 0 aliphatic rings. The van der Waals surface area contributed by atoms with E-state index in [0.29, 0.717) is 5.92 Å². The van der Waals surface area contributed by atoms with Gasteiger partial charge in [0.15, 0.2) is 0 Å². The first-order chi connectivity index (χ1) is 7.69. The minimum absolute atomic E-state index is 0.716. The molecule has 2 atom stereocenters. The van der Waals surface area contributed by atoms with Crippen LogP contribution >= 0.6 is 15.9 Å². The van der Waals surface area contributed by atoms with Crippen LogP contribution in [-0.2, 0) is 6.42 Å². The van der Waals surface area contributed by atoms with Crippen molar-refractivity contribution in [2.45, 2.75) is 26.7 Å². The lowest BCUT2D eigenvalue weighted by molar-refractivity contribution is 0.336. The van der Waals surface area contributed by atoms with Crippen LogP contribution in [0, 0.1) is 11.8 Å². The summed E-state index contributed by atoms with van der Waals surface area (Å²) in [7, 11) is 2.04. The second kappa shape index (κ2) is 7.08. The Hall–Kier alpha value is -0.340. The molecule has 90 valence electrons. The summed E-state index contributed by atoms with van der Waals surface area (Å²) < 4.78 is 1.24. The molecule has 0 saturated carbocycles. The molecular weight excluding hydrogens is 262 g/mol. The van der Waals surface area contributed by atoms with E-state index in [0.717, 1.165) is 18.9 Å². The highest BCUT2D eigenvalue weighted by Crippen LogP contribution is 2.24. The van der Waals surface area contributed by atoms with E-state index < -0.39 is 0 Å². The van der Waals surface area contributed by atoms with Crippen molar-refractivity contribution in [3.05, 3.63) is 34.3 Å². The minimum atomic E-state index is 0.716. The van der Waals surface area contributed by atoms with E-state index in [4.69, 9.17) is 0 Å². The maximum absolute atomic E-state index is 3.63. The number of benzene rings is 1. The van der Waals surface area contributed by atoms with Crippen LogP contribution in [0.1, 0.15) is 25.8 Å². The van der Waals surface area contributed by atoms with E-state index in [2.05, 4.69) is 59.4 Å². The van der Waals surface area contributed by atoms with Crippen LogP contribution in [0.25, 0.3) is 0 Å². The molecule has 0 heterocycles. The largest absolute Gasteiger partial charge is 0.319 e. The molecule has 1 aromatic rings. The Bertz CT molecular complexity index is 311. The summed E-state index contributed by atoms with van der Waals surface area (Å²) in [6.45, 7) is 5.71. The SMILES string of the molecule is CCC(C)C(CNC)Cc1ccccc1Br. The van der Waals surface area contributed by atoms with E-state index in [9.17, 15) is 0 Å². The van der Waals surface area contributed by atoms with Gasteiger partial charge < -0.3 is 5.32 Å². The first kappa shape index (κ1) is 13.7. The van der Waals surface area contributed by atoms with Gasteiger partial charge >= 0.3 is 0 Å². The Labute approximate surface area is 108 Å². The highest BCUT2D eigenvalue weighted by atomic mass is 79.9. The summed E-state index contributed by atoms with van der Waals surface area (Å²) in [5.41, 5.74) is 1.42. The molecule has 2 unspecified atom stereocenters. The van der Waals surface area contributed by atoms with Gasteiger partial charge in [-0.05, 0) is 43.5 Å². The van der Waals surface area contributed by atoms with Crippen LogP contribution in [-0.4, -0.2) is 13.6 Å². The molecule has 1 rings (SSSR count). The van der Waals surface area contributed by atoms with Crippen LogP contribution in [0.3, 0.4) is 0 Å². The van der Waals surface area contributed by atoms with E-state index in [-0.39, 0.29) is 0 Å². The van der Waals surface area contributed by atoms with E-state index in [1.807, 2.05) is 7.05 Å². The van der Waals surface area contributed by atoms with Crippen LogP contribution in [0.4, 0.5) is 0 Å². The molecular formula is C14H22BrN. The van der Waals surface area contributed by atoms with Gasteiger partial charge in [-0.25, -0.2) is 0 Å². The molecule has 16 heavy (non-hydrogen) atoms. The second-order valence-corrected chi connectivity index (χ2v) is 5.35. The first-order valence-corrected chi connectivity index (χ1v) is 6.86.